The number of benzene rings is 1. The van der Waals surface area contributed by atoms with Crippen molar-refractivity contribution in [2.45, 2.75) is 36.3 Å². The molecule has 2 N–H and O–H groups in total. The molecule has 0 bridgehead atoms. The van der Waals surface area contributed by atoms with Crippen molar-refractivity contribution in [2.75, 3.05) is 11.5 Å². The van der Waals surface area contributed by atoms with Crippen molar-refractivity contribution >= 4 is 40.3 Å². The molecule has 22 heavy (non-hydrogen) atoms. The zero-order valence-corrected chi connectivity index (χ0v) is 14.2. The van der Waals surface area contributed by atoms with Crippen LogP contribution >= 0.6 is 23.5 Å². The van der Waals surface area contributed by atoms with E-state index in [4.69, 9.17) is 0 Å². The predicted octanol–water partition coefficient (Wildman–Crippen LogP) is 3.59. The third-order valence-corrected chi connectivity index (χ3v) is 7.90. The van der Waals surface area contributed by atoms with Crippen LogP contribution in [0.15, 0.2) is 24.3 Å². The van der Waals surface area contributed by atoms with E-state index in [2.05, 4.69) is 47.2 Å². The van der Waals surface area contributed by atoms with E-state index in [1.54, 1.807) is 0 Å². The van der Waals surface area contributed by atoms with E-state index < -0.39 is 0 Å². The number of aromatic amines is 1. The molecule has 4 rings (SSSR count). The van der Waals surface area contributed by atoms with E-state index in [1.165, 1.54) is 23.5 Å². The number of hydrogen-bond acceptors (Lipinski definition) is 3. The van der Waals surface area contributed by atoms with Crippen molar-refractivity contribution in [3.63, 3.8) is 0 Å². The topological polar surface area (TPSA) is 44.9 Å². The van der Waals surface area contributed by atoms with Crippen LogP contribution in [0, 0.1) is 6.92 Å². The summed E-state index contributed by atoms with van der Waals surface area (Å²) in [4.78, 5) is 15.8. The highest BCUT2D eigenvalue weighted by Crippen LogP contribution is 2.42. The molecule has 116 valence electrons. The van der Waals surface area contributed by atoms with Crippen LogP contribution < -0.4 is 5.32 Å². The fourth-order valence-corrected chi connectivity index (χ4v) is 6.77. The van der Waals surface area contributed by atoms with Crippen LogP contribution in [0.5, 0.6) is 0 Å². The van der Waals surface area contributed by atoms with E-state index in [9.17, 15) is 4.79 Å². The van der Waals surface area contributed by atoms with Gasteiger partial charge in [-0.15, -0.1) is 0 Å². The molecule has 5 heteroatoms. The monoisotopic (exact) mass is 332 g/mol. The lowest BCUT2D eigenvalue weighted by molar-refractivity contribution is 0.0934. The maximum atomic E-state index is 12.6. The number of carbonyl (C=O) groups excluding carboxylic acids is 1. The lowest BCUT2D eigenvalue weighted by atomic mass is 10.2. The maximum Gasteiger partial charge on any atom is 0.267 e. The molecule has 0 spiro atoms. The Balaban J connectivity index is 1.51. The zero-order valence-electron chi connectivity index (χ0n) is 12.6. The normalized spacial score (nSPS) is 27.8. The summed E-state index contributed by atoms with van der Waals surface area (Å²) < 4.78 is 0. The van der Waals surface area contributed by atoms with Gasteiger partial charge in [-0.3, -0.25) is 4.79 Å². The average Bonchev–Trinajstić information content (AvgIpc) is 3.11. The number of carbonyl (C=O) groups is 1. The predicted molar refractivity (Wildman–Crippen MR) is 96.0 cm³/mol. The van der Waals surface area contributed by atoms with Gasteiger partial charge in [0.25, 0.3) is 5.91 Å². The van der Waals surface area contributed by atoms with Gasteiger partial charge in [0.2, 0.25) is 0 Å². The highest BCUT2D eigenvalue weighted by atomic mass is 32.2. The fraction of sp³-hybridized carbons (Fsp3) is 0.471. The first kappa shape index (κ1) is 14.5. The van der Waals surface area contributed by atoms with Crippen molar-refractivity contribution in [3.8, 4) is 0 Å². The fourth-order valence-electron chi connectivity index (χ4n) is 3.48. The standard InChI is InChI=1S/C17H20N2OS2/c1-10-2-3-11-9-14(18-13(11)8-10)17(20)19-12-4-5-15-16(12)22-7-6-21-15/h2-3,8-9,12,15-16,18H,4-7H2,1H3,(H,19,20)/t12-,15+,16+/m1/s1. The molecule has 3 nitrogen and oxygen atoms in total. The summed E-state index contributed by atoms with van der Waals surface area (Å²) >= 11 is 4.13. The Morgan fingerprint density at radius 2 is 2.09 bits per heavy atom. The SMILES string of the molecule is Cc1ccc2cc(C(=O)N[C@@H]3CC[C@@H]4SCCS[C@H]43)[nH]c2c1. The molecule has 1 amide bonds. The van der Waals surface area contributed by atoms with Crippen LogP contribution in [-0.4, -0.2) is 38.9 Å². The molecular formula is C17H20N2OS2. The van der Waals surface area contributed by atoms with Gasteiger partial charge in [-0.1, -0.05) is 12.1 Å². The number of fused-ring (bicyclic) bond motifs is 2. The highest BCUT2D eigenvalue weighted by molar-refractivity contribution is 8.07. The number of H-pyrrole nitrogens is 1. The lowest BCUT2D eigenvalue weighted by Crippen LogP contribution is -2.42. The molecule has 2 heterocycles. The minimum atomic E-state index is 0.0377. The summed E-state index contributed by atoms with van der Waals surface area (Å²) in [7, 11) is 0. The first-order valence-electron chi connectivity index (χ1n) is 7.84. The molecule has 1 aromatic heterocycles. The van der Waals surface area contributed by atoms with Crippen LogP contribution in [0.1, 0.15) is 28.9 Å². The Bertz CT molecular complexity index is 712. The zero-order chi connectivity index (χ0) is 15.1. The number of thioether (sulfide) groups is 2. The minimum Gasteiger partial charge on any atom is -0.351 e. The van der Waals surface area contributed by atoms with E-state index >= 15 is 0 Å². The van der Waals surface area contributed by atoms with Crippen molar-refractivity contribution in [1.29, 1.82) is 0 Å². The largest absolute Gasteiger partial charge is 0.351 e. The van der Waals surface area contributed by atoms with Gasteiger partial charge < -0.3 is 10.3 Å². The third-order valence-electron chi connectivity index (χ3n) is 4.59. The first-order chi connectivity index (χ1) is 10.7. The van der Waals surface area contributed by atoms with E-state index in [0.717, 1.165) is 22.6 Å². The number of hydrogen-bond donors (Lipinski definition) is 2. The van der Waals surface area contributed by atoms with Gasteiger partial charge in [-0.2, -0.15) is 23.5 Å². The van der Waals surface area contributed by atoms with Gasteiger partial charge in [0.05, 0.1) is 0 Å². The Morgan fingerprint density at radius 3 is 3.00 bits per heavy atom. The average molecular weight is 332 g/mol. The van der Waals surface area contributed by atoms with Gasteiger partial charge in [-0.05, 0) is 37.5 Å². The quantitative estimate of drug-likeness (QED) is 0.883. The molecule has 2 aromatic rings. The Morgan fingerprint density at radius 1 is 1.23 bits per heavy atom. The summed E-state index contributed by atoms with van der Waals surface area (Å²) in [6.07, 6.45) is 2.35. The second kappa shape index (κ2) is 5.85. The lowest BCUT2D eigenvalue weighted by Gasteiger charge is -2.28. The number of aromatic nitrogens is 1. The van der Waals surface area contributed by atoms with Gasteiger partial charge in [0, 0.05) is 39.0 Å². The van der Waals surface area contributed by atoms with Crippen molar-refractivity contribution in [2.24, 2.45) is 0 Å². The van der Waals surface area contributed by atoms with Gasteiger partial charge >= 0.3 is 0 Å². The van der Waals surface area contributed by atoms with Crippen LogP contribution in [-0.2, 0) is 0 Å². The van der Waals surface area contributed by atoms with Crippen LogP contribution in [0.4, 0.5) is 0 Å². The summed E-state index contributed by atoms with van der Waals surface area (Å²) in [6, 6.07) is 8.51. The molecule has 0 radical (unpaired) electrons. The molecule has 2 fully saturated rings. The van der Waals surface area contributed by atoms with E-state index in [1.807, 2.05) is 17.8 Å². The van der Waals surface area contributed by atoms with Crippen LogP contribution in [0.25, 0.3) is 10.9 Å². The Labute approximate surface area is 139 Å². The van der Waals surface area contributed by atoms with Gasteiger partial charge in [0.1, 0.15) is 5.69 Å². The molecule has 3 atom stereocenters. The second-order valence-electron chi connectivity index (χ2n) is 6.18. The van der Waals surface area contributed by atoms with Crippen molar-refractivity contribution in [3.05, 3.63) is 35.5 Å². The maximum absolute atomic E-state index is 12.6. The minimum absolute atomic E-state index is 0.0377. The highest BCUT2D eigenvalue weighted by Gasteiger charge is 2.39. The Hall–Kier alpha value is -1.07. The second-order valence-corrected chi connectivity index (χ2v) is 8.81. The number of aryl methyl sites for hydroxylation is 1. The number of rotatable bonds is 2. The smallest absolute Gasteiger partial charge is 0.267 e. The van der Waals surface area contributed by atoms with Crippen molar-refractivity contribution in [1.82, 2.24) is 10.3 Å². The van der Waals surface area contributed by atoms with Crippen LogP contribution in [0.2, 0.25) is 0 Å². The summed E-state index contributed by atoms with van der Waals surface area (Å²) in [6.45, 7) is 2.07. The van der Waals surface area contributed by atoms with Gasteiger partial charge in [0.15, 0.2) is 0 Å². The molecule has 1 aliphatic carbocycles. The van der Waals surface area contributed by atoms with Crippen LogP contribution in [0.3, 0.4) is 0 Å². The molecular weight excluding hydrogens is 312 g/mol. The number of amides is 1. The van der Waals surface area contributed by atoms with Gasteiger partial charge in [-0.25, -0.2) is 0 Å². The third kappa shape index (κ3) is 2.65. The Kier molecular flexibility index (Phi) is 3.86. The molecule has 0 unspecified atom stereocenters. The molecule has 1 aliphatic heterocycles. The number of nitrogens with one attached hydrogen (secondary N) is 2. The molecule has 1 saturated heterocycles. The summed E-state index contributed by atoms with van der Waals surface area (Å²) in [5.74, 6) is 2.51. The molecule has 1 aromatic carbocycles. The molecule has 1 saturated carbocycles. The van der Waals surface area contributed by atoms with E-state index in [0.29, 0.717) is 17.0 Å². The van der Waals surface area contributed by atoms with Crippen molar-refractivity contribution < 1.29 is 4.79 Å². The first-order valence-corrected chi connectivity index (χ1v) is 9.94. The molecule has 2 aliphatic rings. The summed E-state index contributed by atoms with van der Waals surface area (Å²) in [5.41, 5.74) is 2.92. The van der Waals surface area contributed by atoms with E-state index in [-0.39, 0.29) is 5.91 Å². The summed E-state index contributed by atoms with van der Waals surface area (Å²) in [5, 5.41) is 5.69.